The third-order valence-electron chi connectivity index (χ3n) is 3.12. The van der Waals surface area contributed by atoms with Gasteiger partial charge in [0.05, 0.1) is 15.7 Å². The summed E-state index contributed by atoms with van der Waals surface area (Å²) in [5, 5.41) is 8.92. The maximum Gasteiger partial charge on any atom is 0.252 e. The van der Waals surface area contributed by atoms with E-state index in [-0.39, 0.29) is 5.11 Å². The van der Waals surface area contributed by atoms with E-state index in [1.165, 1.54) is 0 Å². The van der Waals surface area contributed by atoms with Crippen LogP contribution in [-0.2, 0) is 0 Å². The van der Waals surface area contributed by atoms with Crippen molar-refractivity contribution in [1.29, 1.82) is 0 Å². The molecule has 0 aliphatic rings. The minimum atomic E-state index is -1.87. The van der Waals surface area contributed by atoms with Crippen molar-refractivity contribution in [3.8, 4) is 0 Å². The van der Waals surface area contributed by atoms with E-state index in [2.05, 4.69) is 16.0 Å². The summed E-state index contributed by atoms with van der Waals surface area (Å²) in [6.07, 6.45) is -1.11. The van der Waals surface area contributed by atoms with Crippen LogP contribution in [0, 0.1) is 0 Å². The van der Waals surface area contributed by atoms with Crippen LogP contribution in [0.15, 0.2) is 48.5 Å². The van der Waals surface area contributed by atoms with Crippen LogP contribution in [0.4, 0.5) is 5.69 Å². The summed E-state index contributed by atoms with van der Waals surface area (Å²) in [6.45, 7) is 0. The van der Waals surface area contributed by atoms with Crippen LogP contribution in [0.3, 0.4) is 0 Å². The molecule has 0 bridgehead atoms. The second kappa shape index (κ2) is 9.31. The number of thiocarbonyl (C=S) groups is 1. The standard InChI is InChI=1S/C16H12Cl5N3OS/c17-10-7-4-8-11(18)12(10)22-15(26)24-14(16(19,20)21)23-13(25)9-5-2-1-3-6-9/h1-8,14H,(H,23,25)(H2,22,24,26). The van der Waals surface area contributed by atoms with Gasteiger partial charge in [-0.25, -0.2) is 0 Å². The molecule has 0 heterocycles. The molecule has 3 N–H and O–H groups in total. The van der Waals surface area contributed by atoms with Crippen molar-refractivity contribution in [3.63, 3.8) is 0 Å². The Balaban J connectivity index is 2.10. The number of rotatable bonds is 4. The Kier molecular flexibility index (Phi) is 7.64. The average Bonchev–Trinajstić information content (AvgIpc) is 2.57. The summed E-state index contributed by atoms with van der Waals surface area (Å²) < 4.78 is -1.87. The quantitative estimate of drug-likeness (QED) is 0.317. The molecule has 1 unspecified atom stereocenters. The minimum Gasteiger partial charge on any atom is -0.339 e. The van der Waals surface area contributed by atoms with Crippen LogP contribution < -0.4 is 16.0 Å². The van der Waals surface area contributed by atoms with Crippen molar-refractivity contribution in [2.75, 3.05) is 5.32 Å². The summed E-state index contributed by atoms with van der Waals surface area (Å²) in [4.78, 5) is 12.3. The lowest BCUT2D eigenvalue weighted by molar-refractivity contribution is 0.0934. The molecule has 0 saturated carbocycles. The molecule has 0 spiro atoms. The molecule has 0 saturated heterocycles. The fraction of sp³-hybridized carbons (Fsp3) is 0.125. The van der Waals surface area contributed by atoms with Gasteiger partial charge in [-0.3, -0.25) is 4.79 Å². The van der Waals surface area contributed by atoms with E-state index in [0.717, 1.165) is 0 Å². The molecule has 0 aromatic heterocycles. The first-order valence-electron chi connectivity index (χ1n) is 7.12. The third-order valence-corrected chi connectivity index (χ3v) is 4.62. The summed E-state index contributed by atoms with van der Waals surface area (Å²) >= 11 is 35.2. The summed E-state index contributed by atoms with van der Waals surface area (Å²) in [5.41, 5.74) is 0.798. The number of hydrogen-bond acceptors (Lipinski definition) is 2. The van der Waals surface area contributed by atoms with Crippen LogP contribution in [-0.4, -0.2) is 21.0 Å². The predicted octanol–water partition coefficient (Wildman–Crippen LogP) is 5.41. The van der Waals surface area contributed by atoms with Crippen molar-refractivity contribution in [2.45, 2.75) is 9.96 Å². The fourth-order valence-electron chi connectivity index (χ4n) is 1.90. The zero-order valence-corrected chi connectivity index (χ0v) is 17.5. The Hall–Kier alpha value is -0.950. The summed E-state index contributed by atoms with van der Waals surface area (Å²) in [6, 6.07) is 13.5. The van der Waals surface area contributed by atoms with E-state index < -0.39 is 15.9 Å². The molecule has 0 fully saturated rings. The molecule has 4 nitrogen and oxygen atoms in total. The van der Waals surface area contributed by atoms with Gasteiger partial charge in [0.2, 0.25) is 3.79 Å². The predicted molar refractivity (Wildman–Crippen MR) is 114 cm³/mol. The highest BCUT2D eigenvalue weighted by Crippen LogP contribution is 2.31. The van der Waals surface area contributed by atoms with Gasteiger partial charge in [0.1, 0.15) is 6.17 Å². The first kappa shape index (κ1) is 21.4. The number of amides is 1. The Labute approximate surface area is 181 Å². The van der Waals surface area contributed by atoms with Crippen molar-refractivity contribution in [1.82, 2.24) is 10.6 Å². The van der Waals surface area contributed by atoms with Crippen LogP contribution in [0.5, 0.6) is 0 Å². The lowest BCUT2D eigenvalue weighted by Gasteiger charge is -2.28. The summed E-state index contributed by atoms with van der Waals surface area (Å²) in [5.74, 6) is -0.437. The van der Waals surface area contributed by atoms with Gasteiger partial charge in [0.25, 0.3) is 5.91 Å². The monoisotopic (exact) mass is 469 g/mol. The number of anilines is 1. The van der Waals surface area contributed by atoms with Crippen molar-refractivity contribution >= 4 is 86.9 Å². The molecule has 0 aliphatic heterocycles. The highest BCUT2D eigenvalue weighted by atomic mass is 35.6. The van der Waals surface area contributed by atoms with Gasteiger partial charge < -0.3 is 16.0 Å². The number of alkyl halides is 3. The van der Waals surface area contributed by atoms with E-state index in [9.17, 15) is 4.79 Å². The van der Waals surface area contributed by atoms with Gasteiger partial charge >= 0.3 is 0 Å². The molecule has 26 heavy (non-hydrogen) atoms. The van der Waals surface area contributed by atoms with Gasteiger partial charge in [-0.2, -0.15) is 0 Å². The molecule has 1 atom stereocenters. The first-order chi connectivity index (χ1) is 12.2. The maximum atomic E-state index is 12.3. The van der Waals surface area contributed by atoms with E-state index in [1.807, 2.05) is 0 Å². The SMILES string of the molecule is O=C(NC(NC(=S)Nc1c(Cl)cccc1Cl)C(Cl)(Cl)Cl)c1ccccc1. The molecule has 0 aliphatic carbocycles. The lowest BCUT2D eigenvalue weighted by Crippen LogP contribution is -2.56. The fourth-order valence-corrected chi connectivity index (χ4v) is 2.94. The molecule has 138 valence electrons. The third kappa shape index (κ3) is 6.05. The van der Waals surface area contributed by atoms with Gasteiger partial charge in [-0.15, -0.1) is 0 Å². The highest BCUT2D eigenvalue weighted by Gasteiger charge is 2.35. The molecule has 2 rings (SSSR count). The molecular formula is C16H12Cl5N3OS. The minimum absolute atomic E-state index is 0.0599. The van der Waals surface area contributed by atoms with Gasteiger partial charge in [0.15, 0.2) is 5.11 Å². The van der Waals surface area contributed by atoms with Gasteiger partial charge in [-0.05, 0) is 36.5 Å². The Morgan fingerprint density at radius 3 is 2.04 bits per heavy atom. The van der Waals surface area contributed by atoms with Gasteiger partial charge in [0, 0.05) is 5.56 Å². The molecule has 2 aromatic carbocycles. The molecule has 10 heteroatoms. The topological polar surface area (TPSA) is 53.2 Å². The largest absolute Gasteiger partial charge is 0.339 e. The van der Waals surface area contributed by atoms with Crippen molar-refractivity contribution < 1.29 is 4.79 Å². The number of carbonyl (C=O) groups excluding carboxylic acids is 1. The molecule has 0 radical (unpaired) electrons. The number of carbonyl (C=O) groups is 1. The number of nitrogens with one attached hydrogen (secondary N) is 3. The Morgan fingerprint density at radius 1 is 0.923 bits per heavy atom. The zero-order chi connectivity index (χ0) is 19.3. The van der Waals surface area contributed by atoms with Crippen LogP contribution in [0.1, 0.15) is 10.4 Å². The maximum absolute atomic E-state index is 12.3. The van der Waals surface area contributed by atoms with E-state index in [1.54, 1.807) is 48.5 Å². The average molecular weight is 472 g/mol. The first-order valence-corrected chi connectivity index (χ1v) is 9.42. The number of halogens is 5. The van der Waals surface area contributed by atoms with Crippen LogP contribution in [0.25, 0.3) is 0 Å². The van der Waals surface area contributed by atoms with E-state index in [0.29, 0.717) is 21.3 Å². The number of benzene rings is 2. The molecule has 2 aromatic rings. The normalized spacial score (nSPS) is 12.2. The number of para-hydroxylation sites is 1. The second-order valence-corrected chi connectivity index (χ2v) is 8.60. The smallest absolute Gasteiger partial charge is 0.252 e. The zero-order valence-electron chi connectivity index (χ0n) is 12.9. The van der Waals surface area contributed by atoms with Crippen molar-refractivity contribution in [2.24, 2.45) is 0 Å². The molecule has 1 amide bonds. The van der Waals surface area contributed by atoms with E-state index in [4.69, 9.17) is 70.2 Å². The van der Waals surface area contributed by atoms with Crippen molar-refractivity contribution in [3.05, 3.63) is 64.1 Å². The Bertz CT molecular complexity index is 778. The Morgan fingerprint density at radius 2 is 1.50 bits per heavy atom. The second-order valence-electron chi connectivity index (χ2n) is 5.01. The number of hydrogen-bond donors (Lipinski definition) is 3. The van der Waals surface area contributed by atoms with E-state index >= 15 is 0 Å². The highest BCUT2D eigenvalue weighted by molar-refractivity contribution is 7.80. The van der Waals surface area contributed by atoms with Crippen LogP contribution >= 0.6 is 70.2 Å². The van der Waals surface area contributed by atoms with Crippen LogP contribution in [0.2, 0.25) is 10.0 Å². The molecular weight excluding hydrogens is 460 g/mol. The van der Waals surface area contributed by atoms with Gasteiger partial charge in [-0.1, -0.05) is 82.3 Å². The summed E-state index contributed by atoms with van der Waals surface area (Å²) in [7, 11) is 0. The lowest BCUT2D eigenvalue weighted by atomic mass is 10.2.